The van der Waals surface area contributed by atoms with Gasteiger partial charge in [-0.15, -0.1) is 11.3 Å². The second kappa shape index (κ2) is 6.71. The van der Waals surface area contributed by atoms with Gasteiger partial charge >= 0.3 is 0 Å². The Morgan fingerprint density at radius 1 is 1.37 bits per heavy atom. The van der Waals surface area contributed by atoms with Crippen LogP contribution < -0.4 is 10.2 Å². The lowest BCUT2D eigenvalue weighted by Crippen LogP contribution is -2.33. The predicted molar refractivity (Wildman–Crippen MR) is 84.2 cm³/mol. The number of thiazole rings is 1. The van der Waals surface area contributed by atoms with Gasteiger partial charge in [0, 0.05) is 24.0 Å². The van der Waals surface area contributed by atoms with Gasteiger partial charge in [-0.05, 0) is 33.2 Å². The average molecular weight is 281 g/mol. The zero-order valence-electron chi connectivity index (χ0n) is 12.7. The first-order chi connectivity index (χ1) is 9.13. The van der Waals surface area contributed by atoms with E-state index in [1.54, 1.807) is 0 Å². The summed E-state index contributed by atoms with van der Waals surface area (Å²) in [6.45, 7) is 7.53. The van der Waals surface area contributed by atoms with Crippen molar-refractivity contribution in [1.29, 1.82) is 0 Å². The third-order valence-corrected chi connectivity index (χ3v) is 5.58. The Balaban J connectivity index is 2.09. The number of aryl methyl sites for hydroxylation is 1. The van der Waals surface area contributed by atoms with E-state index < -0.39 is 0 Å². The third kappa shape index (κ3) is 3.48. The van der Waals surface area contributed by atoms with Crippen molar-refractivity contribution in [2.45, 2.75) is 65.0 Å². The highest BCUT2D eigenvalue weighted by molar-refractivity contribution is 7.15. The molecule has 0 amide bonds. The third-order valence-electron chi connectivity index (χ3n) is 4.15. The van der Waals surface area contributed by atoms with Gasteiger partial charge in [-0.25, -0.2) is 4.98 Å². The highest BCUT2D eigenvalue weighted by atomic mass is 32.1. The molecule has 1 atom stereocenters. The molecule has 1 N–H and O–H groups in total. The van der Waals surface area contributed by atoms with Gasteiger partial charge in [0.25, 0.3) is 0 Å². The van der Waals surface area contributed by atoms with Gasteiger partial charge in [0.15, 0.2) is 5.13 Å². The maximum Gasteiger partial charge on any atom is 0.185 e. The summed E-state index contributed by atoms with van der Waals surface area (Å²) in [6.07, 6.45) is 6.81. The fourth-order valence-electron chi connectivity index (χ4n) is 2.97. The number of hydrogen-bond donors (Lipinski definition) is 1. The lowest BCUT2D eigenvalue weighted by atomic mass is 9.95. The Morgan fingerprint density at radius 3 is 2.68 bits per heavy atom. The number of rotatable bonds is 5. The van der Waals surface area contributed by atoms with Crippen molar-refractivity contribution in [2.75, 3.05) is 18.5 Å². The molecule has 1 unspecified atom stereocenters. The van der Waals surface area contributed by atoms with Crippen molar-refractivity contribution >= 4 is 16.5 Å². The Labute approximate surface area is 121 Å². The Morgan fingerprint density at radius 2 is 2.05 bits per heavy atom. The van der Waals surface area contributed by atoms with Gasteiger partial charge in [0.05, 0.1) is 5.69 Å². The average Bonchev–Trinajstić information content (AvgIpc) is 2.81. The van der Waals surface area contributed by atoms with E-state index in [-0.39, 0.29) is 0 Å². The molecule has 19 heavy (non-hydrogen) atoms. The van der Waals surface area contributed by atoms with Crippen LogP contribution >= 0.6 is 11.3 Å². The highest BCUT2D eigenvalue weighted by Crippen LogP contribution is 2.33. The van der Waals surface area contributed by atoms with Gasteiger partial charge in [-0.2, -0.15) is 0 Å². The van der Waals surface area contributed by atoms with Crippen molar-refractivity contribution in [3.05, 3.63) is 10.6 Å². The largest absolute Gasteiger partial charge is 0.348 e. The molecule has 0 aromatic carbocycles. The molecule has 2 rings (SSSR count). The lowest BCUT2D eigenvalue weighted by Gasteiger charge is -2.30. The van der Waals surface area contributed by atoms with Crippen molar-refractivity contribution in [2.24, 2.45) is 0 Å². The first-order valence-electron chi connectivity index (χ1n) is 7.57. The van der Waals surface area contributed by atoms with Crippen LogP contribution in [0, 0.1) is 6.92 Å². The SMILES string of the molecule is CCNC(C)c1sc(N(C)C2CCCCC2)nc1C. The summed E-state index contributed by atoms with van der Waals surface area (Å²) >= 11 is 1.86. The molecular formula is C15H27N3S. The molecule has 1 aliphatic carbocycles. The smallest absolute Gasteiger partial charge is 0.185 e. The van der Waals surface area contributed by atoms with Gasteiger partial charge in [-0.3, -0.25) is 0 Å². The van der Waals surface area contributed by atoms with Crippen LogP contribution in [0.2, 0.25) is 0 Å². The molecule has 1 fully saturated rings. The van der Waals surface area contributed by atoms with Crippen LogP contribution in [0.3, 0.4) is 0 Å². The summed E-state index contributed by atoms with van der Waals surface area (Å²) in [5.74, 6) is 0. The van der Waals surface area contributed by atoms with Crippen LogP contribution in [0.4, 0.5) is 5.13 Å². The van der Waals surface area contributed by atoms with Gasteiger partial charge in [0.1, 0.15) is 0 Å². The Bertz CT molecular complexity index is 396. The molecule has 1 aromatic heterocycles. The Hall–Kier alpha value is -0.610. The van der Waals surface area contributed by atoms with Gasteiger partial charge in [0.2, 0.25) is 0 Å². The minimum absolute atomic E-state index is 0.413. The van der Waals surface area contributed by atoms with E-state index in [9.17, 15) is 0 Å². The van der Waals surface area contributed by atoms with E-state index in [0.717, 1.165) is 6.54 Å². The maximum absolute atomic E-state index is 4.79. The molecule has 0 bridgehead atoms. The molecule has 1 heterocycles. The second-order valence-corrected chi connectivity index (χ2v) is 6.64. The first-order valence-corrected chi connectivity index (χ1v) is 8.38. The van der Waals surface area contributed by atoms with Gasteiger partial charge < -0.3 is 10.2 Å². The zero-order valence-corrected chi connectivity index (χ0v) is 13.5. The van der Waals surface area contributed by atoms with Crippen LogP contribution in [-0.2, 0) is 0 Å². The van der Waals surface area contributed by atoms with E-state index in [1.807, 2.05) is 11.3 Å². The number of nitrogens with one attached hydrogen (secondary N) is 1. The second-order valence-electron chi connectivity index (χ2n) is 5.63. The number of anilines is 1. The quantitative estimate of drug-likeness (QED) is 0.887. The van der Waals surface area contributed by atoms with Crippen LogP contribution in [0.25, 0.3) is 0 Å². The summed E-state index contributed by atoms with van der Waals surface area (Å²) in [7, 11) is 2.22. The topological polar surface area (TPSA) is 28.2 Å². The number of nitrogens with zero attached hydrogens (tertiary/aromatic N) is 2. The van der Waals surface area contributed by atoms with Crippen LogP contribution in [-0.4, -0.2) is 24.6 Å². The molecule has 0 saturated heterocycles. The van der Waals surface area contributed by atoms with Crippen molar-refractivity contribution in [3.63, 3.8) is 0 Å². The van der Waals surface area contributed by atoms with Crippen molar-refractivity contribution in [3.8, 4) is 0 Å². The van der Waals surface area contributed by atoms with Crippen LogP contribution in [0.1, 0.15) is 62.6 Å². The fraction of sp³-hybridized carbons (Fsp3) is 0.800. The molecule has 1 aromatic rings. The van der Waals surface area contributed by atoms with E-state index in [1.165, 1.54) is 47.8 Å². The highest BCUT2D eigenvalue weighted by Gasteiger charge is 2.22. The molecule has 0 aliphatic heterocycles. The molecule has 3 nitrogen and oxygen atoms in total. The summed E-state index contributed by atoms with van der Waals surface area (Å²) in [5.41, 5.74) is 1.19. The Kier molecular flexibility index (Phi) is 5.22. The lowest BCUT2D eigenvalue weighted by molar-refractivity contribution is 0.427. The molecule has 0 radical (unpaired) electrons. The van der Waals surface area contributed by atoms with E-state index in [4.69, 9.17) is 4.98 Å². The zero-order chi connectivity index (χ0) is 13.8. The molecule has 108 valence electrons. The van der Waals surface area contributed by atoms with Gasteiger partial charge in [-0.1, -0.05) is 26.2 Å². The van der Waals surface area contributed by atoms with Crippen LogP contribution in [0.5, 0.6) is 0 Å². The van der Waals surface area contributed by atoms with Crippen molar-refractivity contribution < 1.29 is 0 Å². The predicted octanol–water partition coefficient (Wildman–Crippen LogP) is 3.89. The molecule has 0 spiro atoms. The number of aromatic nitrogens is 1. The molecule has 1 saturated carbocycles. The minimum atomic E-state index is 0.413. The van der Waals surface area contributed by atoms with Crippen molar-refractivity contribution in [1.82, 2.24) is 10.3 Å². The fourth-order valence-corrected chi connectivity index (χ4v) is 4.10. The first kappa shape index (κ1) is 14.8. The maximum atomic E-state index is 4.79. The van der Waals surface area contributed by atoms with Crippen LogP contribution in [0.15, 0.2) is 0 Å². The summed E-state index contributed by atoms with van der Waals surface area (Å²) < 4.78 is 0. The summed E-state index contributed by atoms with van der Waals surface area (Å²) in [4.78, 5) is 8.60. The van der Waals surface area contributed by atoms with E-state index in [2.05, 4.69) is 38.0 Å². The van der Waals surface area contributed by atoms with E-state index in [0.29, 0.717) is 12.1 Å². The standard InChI is InChI=1S/C15H27N3S/c1-5-16-11(2)14-12(3)17-15(19-14)18(4)13-9-7-6-8-10-13/h11,13,16H,5-10H2,1-4H3. The summed E-state index contributed by atoms with van der Waals surface area (Å²) in [5, 5.41) is 4.68. The molecular weight excluding hydrogens is 254 g/mol. The van der Waals surface area contributed by atoms with E-state index >= 15 is 0 Å². The summed E-state index contributed by atoms with van der Waals surface area (Å²) in [6, 6.07) is 1.11. The molecule has 1 aliphatic rings. The molecule has 4 heteroatoms. The monoisotopic (exact) mass is 281 g/mol. The number of hydrogen-bond acceptors (Lipinski definition) is 4. The normalized spacial score (nSPS) is 18.5. The minimum Gasteiger partial charge on any atom is -0.348 e.